The molecule has 0 aromatic carbocycles. The molecule has 0 saturated heterocycles. The Labute approximate surface area is 55.3 Å². The highest BCUT2D eigenvalue weighted by Gasteiger charge is 2.08. The zero-order chi connectivity index (χ0) is 7.44. The van der Waals surface area contributed by atoms with Gasteiger partial charge in [-0.3, -0.25) is 4.79 Å². The lowest BCUT2D eigenvalue weighted by molar-refractivity contribution is -0.125. The van der Waals surface area contributed by atoms with Crippen LogP contribution in [0.3, 0.4) is 0 Å². The van der Waals surface area contributed by atoms with Gasteiger partial charge in [0.25, 0.3) is 0 Å². The van der Waals surface area contributed by atoms with E-state index in [4.69, 9.17) is 0 Å². The molecule has 0 saturated carbocycles. The van der Waals surface area contributed by atoms with E-state index >= 15 is 0 Å². The highest BCUT2D eigenvalue weighted by molar-refractivity contribution is 5.85. The van der Waals surface area contributed by atoms with Gasteiger partial charge in [-0.1, -0.05) is 6.92 Å². The maximum absolute atomic E-state index is 10.5. The van der Waals surface area contributed by atoms with Crippen LogP contribution in [0.4, 0.5) is 0 Å². The van der Waals surface area contributed by atoms with Gasteiger partial charge in [0, 0.05) is 12.3 Å². The van der Waals surface area contributed by atoms with Crippen LogP contribution in [-0.4, -0.2) is 11.6 Å². The van der Waals surface area contributed by atoms with Gasteiger partial charge in [0.05, 0.1) is 0 Å². The summed E-state index contributed by atoms with van der Waals surface area (Å²) < 4.78 is 0. The minimum absolute atomic E-state index is 0.0812. The van der Waals surface area contributed by atoms with E-state index in [1.807, 2.05) is 0 Å². The van der Waals surface area contributed by atoms with Crippen molar-refractivity contribution in [2.75, 3.05) is 0 Å². The van der Waals surface area contributed by atoms with Crippen molar-refractivity contribution in [3.8, 4) is 0 Å². The van der Waals surface area contributed by atoms with Gasteiger partial charge in [-0.15, -0.1) is 0 Å². The quantitative estimate of drug-likeness (QED) is 0.572. The van der Waals surface area contributed by atoms with Crippen LogP contribution in [0.1, 0.15) is 27.2 Å². The summed E-state index contributed by atoms with van der Waals surface area (Å²) >= 11 is 0. The van der Waals surface area contributed by atoms with Crippen molar-refractivity contribution >= 4 is 11.6 Å². The average molecular weight is 128 g/mol. The van der Waals surface area contributed by atoms with E-state index in [0.717, 1.165) is 0 Å². The van der Waals surface area contributed by atoms with Crippen LogP contribution in [0.25, 0.3) is 0 Å². The summed E-state index contributed by atoms with van der Waals surface area (Å²) in [6.07, 6.45) is 0.384. The smallest absolute Gasteiger partial charge is 0.133 e. The summed E-state index contributed by atoms with van der Waals surface area (Å²) in [5.41, 5.74) is 0. The lowest BCUT2D eigenvalue weighted by Crippen LogP contribution is -2.09. The Morgan fingerprint density at radius 3 is 1.89 bits per heavy atom. The van der Waals surface area contributed by atoms with Crippen LogP contribution in [0.5, 0.6) is 0 Å². The normalized spacial score (nSPS) is 12.8. The van der Waals surface area contributed by atoms with Crippen LogP contribution in [-0.2, 0) is 9.59 Å². The Bertz CT molecular complexity index is 127. The van der Waals surface area contributed by atoms with Gasteiger partial charge in [0.2, 0.25) is 0 Å². The maximum Gasteiger partial charge on any atom is 0.133 e. The van der Waals surface area contributed by atoms with Crippen LogP contribution in [0.15, 0.2) is 0 Å². The van der Waals surface area contributed by atoms with Crippen molar-refractivity contribution in [1.82, 2.24) is 0 Å². The molecule has 0 aliphatic heterocycles. The average Bonchev–Trinajstić information content (AvgIpc) is 1.63. The molecule has 0 N–H and O–H groups in total. The van der Waals surface area contributed by atoms with Crippen molar-refractivity contribution in [1.29, 1.82) is 0 Å². The Morgan fingerprint density at radius 2 is 1.78 bits per heavy atom. The number of Topliss-reactive ketones (excluding diaryl/α,β-unsaturated/α-hetero) is 2. The second-order valence-corrected chi connectivity index (χ2v) is 2.42. The fourth-order valence-electron chi connectivity index (χ4n) is 0.575. The van der Waals surface area contributed by atoms with Crippen molar-refractivity contribution in [2.45, 2.75) is 27.2 Å². The van der Waals surface area contributed by atoms with Crippen LogP contribution in [0, 0.1) is 5.92 Å². The van der Waals surface area contributed by atoms with Crippen molar-refractivity contribution in [3.05, 3.63) is 0 Å². The third kappa shape index (κ3) is 3.88. The number of hydrogen-bond acceptors (Lipinski definition) is 2. The first kappa shape index (κ1) is 8.34. The number of carbonyl (C=O) groups excluding carboxylic acids is 2. The molecule has 2 nitrogen and oxygen atoms in total. The lowest BCUT2D eigenvalue weighted by Gasteiger charge is -2.01. The Hall–Kier alpha value is -0.660. The Morgan fingerprint density at radius 1 is 1.33 bits per heavy atom. The van der Waals surface area contributed by atoms with Crippen LogP contribution < -0.4 is 0 Å². The molecule has 1 atom stereocenters. The predicted molar refractivity (Wildman–Crippen MR) is 35.1 cm³/mol. The molecule has 2 heteroatoms. The largest absolute Gasteiger partial charge is 0.300 e. The summed E-state index contributed by atoms with van der Waals surface area (Å²) in [4.78, 5) is 20.9. The molecule has 0 aromatic rings. The van der Waals surface area contributed by atoms with Gasteiger partial charge in [-0.05, 0) is 13.8 Å². The van der Waals surface area contributed by atoms with E-state index < -0.39 is 0 Å². The van der Waals surface area contributed by atoms with E-state index in [0.29, 0.717) is 6.42 Å². The second-order valence-electron chi connectivity index (χ2n) is 2.42. The molecule has 0 bridgehead atoms. The highest BCUT2D eigenvalue weighted by Crippen LogP contribution is 2.02. The van der Waals surface area contributed by atoms with Gasteiger partial charge in [0.1, 0.15) is 11.6 Å². The summed E-state index contributed by atoms with van der Waals surface area (Å²) in [7, 11) is 0. The fraction of sp³-hybridized carbons (Fsp3) is 0.714. The SMILES string of the molecule is CC(=O)C[C@@H](C)C(C)=O. The third-order valence-electron chi connectivity index (χ3n) is 1.29. The minimum atomic E-state index is -0.0949. The summed E-state index contributed by atoms with van der Waals surface area (Å²) in [6, 6.07) is 0. The topological polar surface area (TPSA) is 34.1 Å². The van der Waals surface area contributed by atoms with Crippen LogP contribution in [0.2, 0.25) is 0 Å². The van der Waals surface area contributed by atoms with Crippen molar-refractivity contribution < 1.29 is 9.59 Å². The van der Waals surface area contributed by atoms with Crippen molar-refractivity contribution in [3.63, 3.8) is 0 Å². The monoisotopic (exact) mass is 128 g/mol. The standard InChI is InChI=1S/C7H12O2/c1-5(7(3)9)4-6(2)8/h5H,4H2,1-3H3/t5-/m1/s1. The summed E-state index contributed by atoms with van der Waals surface area (Å²) in [5.74, 6) is 0.0744. The third-order valence-corrected chi connectivity index (χ3v) is 1.29. The molecule has 0 unspecified atom stereocenters. The molecule has 9 heavy (non-hydrogen) atoms. The molecule has 52 valence electrons. The maximum atomic E-state index is 10.5. The summed E-state index contributed by atoms with van der Waals surface area (Å²) in [5, 5.41) is 0. The molecule has 0 aliphatic carbocycles. The Balaban J connectivity index is 3.63. The predicted octanol–water partition coefficient (Wildman–Crippen LogP) is 1.19. The molecule has 0 aromatic heterocycles. The van der Waals surface area contributed by atoms with Gasteiger partial charge in [-0.2, -0.15) is 0 Å². The molecule has 0 heterocycles. The first-order valence-electron chi connectivity index (χ1n) is 3.04. The van der Waals surface area contributed by atoms with E-state index in [-0.39, 0.29) is 17.5 Å². The first-order chi connectivity index (χ1) is 4.04. The fourth-order valence-corrected chi connectivity index (χ4v) is 0.575. The van der Waals surface area contributed by atoms with E-state index in [9.17, 15) is 9.59 Å². The van der Waals surface area contributed by atoms with Crippen LogP contribution >= 0.6 is 0 Å². The molecule has 0 spiro atoms. The number of rotatable bonds is 3. The van der Waals surface area contributed by atoms with E-state index in [1.54, 1.807) is 6.92 Å². The number of carbonyl (C=O) groups is 2. The zero-order valence-corrected chi connectivity index (χ0v) is 6.10. The molecule has 0 rings (SSSR count). The first-order valence-corrected chi connectivity index (χ1v) is 3.04. The van der Waals surface area contributed by atoms with Gasteiger partial charge >= 0.3 is 0 Å². The van der Waals surface area contributed by atoms with E-state index in [1.165, 1.54) is 13.8 Å². The molecule has 0 amide bonds. The molecule has 0 aliphatic rings. The number of hydrogen-bond donors (Lipinski definition) is 0. The molecular formula is C7H12O2. The highest BCUT2D eigenvalue weighted by atomic mass is 16.1. The Kier molecular flexibility index (Phi) is 3.13. The zero-order valence-electron chi connectivity index (χ0n) is 6.10. The van der Waals surface area contributed by atoms with Gasteiger partial charge in [-0.25, -0.2) is 0 Å². The number of ketones is 2. The minimum Gasteiger partial charge on any atom is -0.300 e. The second kappa shape index (κ2) is 3.38. The molecule has 0 radical (unpaired) electrons. The molecule has 0 fully saturated rings. The summed E-state index contributed by atoms with van der Waals surface area (Å²) in [6.45, 7) is 4.77. The van der Waals surface area contributed by atoms with Gasteiger partial charge < -0.3 is 4.79 Å². The van der Waals surface area contributed by atoms with Crippen molar-refractivity contribution in [2.24, 2.45) is 5.92 Å². The van der Waals surface area contributed by atoms with Gasteiger partial charge in [0.15, 0.2) is 0 Å². The molecular weight excluding hydrogens is 116 g/mol. The lowest BCUT2D eigenvalue weighted by atomic mass is 10.0. The van der Waals surface area contributed by atoms with E-state index in [2.05, 4.69) is 0 Å².